The summed E-state index contributed by atoms with van der Waals surface area (Å²) in [6.07, 6.45) is 1.44. The lowest BCUT2D eigenvalue weighted by atomic mass is 10.2. The molecule has 0 radical (unpaired) electrons. The SMILES string of the molecule is Cc1ccc(OCCN(C)C(=O)c2sc(NC(=O)c3ccco3)cc2C)cc1. The van der Waals surface area contributed by atoms with Crippen LogP contribution in [0.4, 0.5) is 5.00 Å². The number of nitrogens with zero attached hydrogens (tertiary/aromatic N) is 1. The molecule has 7 heteroatoms. The van der Waals surface area contributed by atoms with Crippen LogP contribution >= 0.6 is 11.3 Å². The summed E-state index contributed by atoms with van der Waals surface area (Å²) in [6.45, 7) is 4.73. The first kappa shape index (κ1) is 19.7. The van der Waals surface area contributed by atoms with Crippen LogP contribution in [0.3, 0.4) is 0 Å². The van der Waals surface area contributed by atoms with Crippen LogP contribution in [0.2, 0.25) is 0 Å². The van der Waals surface area contributed by atoms with Gasteiger partial charge in [0.25, 0.3) is 11.8 Å². The third-order valence-corrected chi connectivity index (χ3v) is 5.30. The van der Waals surface area contributed by atoms with E-state index in [-0.39, 0.29) is 17.6 Å². The highest BCUT2D eigenvalue weighted by molar-refractivity contribution is 7.18. The van der Waals surface area contributed by atoms with Gasteiger partial charge < -0.3 is 19.4 Å². The molecule has 0 fully saturated rings. The average Bonchev–Trinajstić information content (AvgIpc) is 3.32. The van der Waals surface area contributed by atoms with E-state index in [2.05, 4.69) is 5.32 Å². The Bertz CT molecular complexity index is 945. The Balaban J connectivity index is 1.56. The molecule has 0 saturated heterocycles. The Morgan fingerprint density at radius 3 is 2.61 bits per heavy atom. The van der Waals surface area contributed by atoms with Gasteiger partial charge in [-0.25, -0.2) is 0 Å². The van der Waals surface area contributed by atoms with E-state index in [1.54, 1.807) is 30.1 Å². The summed E-state index contributed by atoms with van der Waals surface area (Å²) in [5, 5.41) is 3.36. The van der Waals surface area contributed by atoms with E-state index in [0.29, 0.717) is 23.0 Å². The minimum atomic E-state index is -0.342. The second-order valence-corrected chi connectivity index (χ2v) is 7.49. The van der Waals surface area contributed by atoms with Crippen molar-refractivity contribution in [1.82, 2.24) is 4.90 Å². The third kappa shape index (κ3) is 4.80. The molecule has 2 amide bonds. The van der Waals surface area contributed by atoms with Gasteiger partial charge in [0.2, 0.25) is 0 Å². The lowest BCUT2D eigenvalue weighted by Gasteiger charge is -2.17. The summed E-state index contributed by atoms with van der Waals surface area (Å²) in [7, 11) is 1.74. The van der Waals surface area contributed by atoms with Crippen LogP contribution < -0.4 is 10.1 Å². The van der Waals surface area contributed by atoms with Crippen LogP contribution in [0.1, 0.15) is 31.4 Å². The van der Waals surface area contributed by atoms with Crippen LogP contribution in [0.25, 0.3) is 0 Å². The van der Waals surface area contributed by atoms with E-state index in [1.807, 2.05) is 38.1 Å². The molecule has 0 unspecified atom stereocenters. The van der Waals surface area contributed by atoms with Gasteiger partial charge in [-0.05, 0) is 49.7 Å². The number of carbonyl (C=O) groups excluding carboxylic acids is 2. The summed E-state index contributed by atoms with van der Waals surface area (Å²) in [4.78, 5) is 27.0. The molecule has 1 aromatic carbocycles. The first-order chi connectivity index (χ1) is 13.4. The fourth-order valence-electron chi connectivity index (χ4n) is 2.55. The number of nitrogens with one attached hydrogen (secondary N) is 1. The Morgan fingerprint density at radius 2 is 1.93 bits per heavy atom. The van der Waals surface area contributed by atoms with E-state index in [1.165, 1.54) is 23.2 Å². The molecule has 6 nitrogen and oxygen atoms in total. The zero-order valence-corrected chi connectivity index (χ0v) is 16.8. The minimum Gasteiger partial charge on any atom is -0.492 e. The Hall–Kier alpha value is -3.06. The fraction of sp³-hybridized carbons (Fsp3) is 0.238. The Labute approximate surface area is 167 Å². The standard InChI is InChI=1S/C21H22N2O4S/c1-14-6-8-16(9-7-14)26-12-10-23(3)21(25)19-15(2)13-18(28-19)22-20(24)17-5-4-11-27-17/h4-9,11,13H,10,12H2,1-3H3,(H,22,24). The molecule has 0 aliphatic carbocycles. The molecule has 0 atom stereocenters. The maximum Gasteiger partial charge on any atom is 0.291 e. The highest BCUT2D eigenvalue weighted by atomic mass is 32.1. The molecule has 28 heavy (non-hydrogen) atoms. The Morgan fingerprint density at radius 1 is 1.18 bits per heavy atom. The lowest BCUT2D eigenvalue weighted by Crippen LogP contribution is -2.30. The van der Waals surface area contributed by atoms with Gasteiger partial charge in [0.1, 0.15) is 12.4 Å². The molecule has 0 aliphatic heterocycles. The van der Waals surface area contributed by atoms with Gasteiger partial charge >= 0.3 is 0 Å². The van der Waals surface area contributed by atoms with Gasteiger partial charge in [-0.15, -0.1) is 11.3 Å². The number of benzene rings is 1. The van der Waals surface area contributed by atoms with Crippen LogP contribution in [0, 0.1) is 13.8 Å². The number of amides is 2. The largest absolute Gasteiger partial charge is 0.492 e. The van der Waals surface area contributed by atoms with Gasteiger partial charge in [0.05, 0.1) is 22.7 Å². The minimum absolute atomic E-state index is 0.103. The molecule has 146 valence electrons. The monoisotopic (exact) mass is 398 g/mol. The number of hydrogen-bond donors (Lipinski definition) is 1. The van der Waals surface area contributed by atoms with Gasteiger partial charge in [-0.3, -0.25) is 9.59 Å². The van der Waals surface area contributed by atoms with Crippen LogP contribution in [-0.2, 0) is 0 Å². The van der Waals surface area contributed by atoms with Crippen molar-refractivity contribution in [2.45, 2.75) is 13.8 Å². The van der Waals surface area contributed by atoms with Crippen molar-refractivity contribution in [2.75, 3.05) is 25.5 Å². The number of likely N-dealkylation sites (N-methyl/N-ethyl adjacent to an activating group) is 1. The number of furan rings is 1. The lowest BCUT2D eigenvalue weighted by molar-refractivity contribution is 0.0777. The molecule has 2 aromatic heterocycles. The van der Waals surface area contributed by atoms with Crippen molar-refractivity contribution in [3.05, 3.63) is 70.5 Å². The molecule has 2 heterocycles. The van der Waals surface area contributed by atoms with Crippen molar-refractivity contribution in [3.63, 3.8) is 0 Å². The maximum absolute atomic E-state index is 12.7. The van der Waals surface area contributed by atoms with E-state index < -0.39 is 0 Å². The summed E-state index contributed by atoms with van der Waals surface area (Å²) in [5.74, 6) is 0.560. The summed E-state index contributed by atoms with van der Waals surface area (Å²) < 4.78 is 10.8. The maximum atomic E-state index is 12.7. The predicted octanol–water partition coefficient (Wildman–Crippen LogP) is 4.36. The van der Waals surface area contributed by atoms with E-state index in [0.717, 1.165) is 11.3 Å². The number of ether oxygens (including phenoxy) is 1. The van der Waals surface area contributed by atoms with Gasteiger partial charge in [0, 0.05) is 7.05 Å². The second-order valence-electron chi connectivity index (χ2n) is 6.44. The number of rotatable bonds is 7. The number of aryl methyl sites for hydroxylation is 2. The van der Waals surface area contributed by atoms with Gasteiger partial charge in [-0.1, -0.05) is 17.7 Å². The molecular formula is C21H22N2O4S. The summed E-state index contributed by atoms with van der Waals surface area (Å²) >= 11 is 1.25. The van der Waals surface area contributed by atoms with Gasteiger partial charge in [-0.2, -0.15) is 0 Å². The predicted molar refractivity (Wildman–Crippen MR) is 109 cm³/mol. The summed E-state index contributed by atoms with van der Waals surface area (Å²) in [5.41, 5.74) is 1.99. The molecule has 3 aromatic rings. The van der Waals surface area contributed by atoms with Gasteiger partial charge in [0.15, 0.2) is 5.76 Å². The molecular weight excluding hydrogens is 376 g/mol. The van der Waals surface area contributed by atoms with Crippen LogP contribution in [0.15, 0.2) is 53.1 Å². The molecule has 0 saturated carbocycles. The van der Waals surface area contributed by atoms with Crippen molar-refractivity contribution in [2.24, 2.45) is 0 Å². The zero-order chi connectivity index (χ0) is 20.1. The molecule has 0 spiro atoms. The van der Waals surface area contributed by atoms with Crippen molar-refractivity contribution in [1.29, 1.82) is 0 Å². The Kier molecular flexibility index (Phi) is 6.16. The van der Waals surface area contributed by atoms with E-state index in [4.69, 9.17) is 9.15 Å². The molecule has 0 aliphatic rings. The smallest absolute Gasteiger partial charge is 0.291 e. The molecule has 0 bridgehead atoms. The number of anilines is 1. The highest BCUT2D eigenvalue weighted by Gasteiger charge is 2.19. The first-order valence-electron chi connectivity index (χ1n) is 8.84. The normalized spacial score (nSPS) is 10.5. The van der Waals surface area contributed by atoms with E-state index in [9.17, 15) is 9.59 Å². The molecule has 3 rings (SSSR count). The summed E-state index contributed by atoms with van der Waals surface area (Å²) in [6, 6.07) is 12.8. The van der Waals surface area contributed by atoms with Crippen molar-refractivity contribution >= 4 is 28.2 Å². The van der Waals surface area contributed by atoms with Crippen LogP contribution in [0.5, 0.6) is 5.75 Å². The van der Waals surface area contributed by atoms with Crippen LogP contribution in [-0.4, -0.2) is 36.9 Å². The highest BCUT2D eigenvalue weighted by Crippen LogP contribution is 2.28. The second kappa shape index (κ2) is 8.75. The van der Waals surface area contributed by atoms with Crippen molar-refractivity contribution in [3.8, 4) is 5.75 Å². The topological polar surface area (TPSA) is 71.8 Å². The number of thiophene rings is 1. The fourth-order valence-corrected chi connectivity index (χ4v) is 3.61. The average molecular weight is 398 g/mol. The molecule has 1 N–H and O–H groups in total. The first-order valence-corrected chi connectivity index (χ1v) is 9.66. The number of carbonyl (C=O) groups is 2. The van der Waals surface area contributed by atoms with Crippen molar-refractivity contribution < 1.29 is 18.7 Å². The number of hydrogen-bond acceptors (Lipinski definition) is 5. The quantitative estimate of drug-likeness (QED) is 0.642. The third-order valence-electron chi connectivity index (χ3n) is 4.16. The zero-order valence-electron chi connectivity index (χ0n) is 16.0. The van der Waals surface area contributed by atoms with E-state index >= 15 is 0 Å².